The lowest BCUT2D eigenvalue weighted by Crippen LogP contribution is -2.15. The van der Waals surface area contributed by atoms with Crippen molar-refractivity contribution in [3.05, 3.63) is 84.1 Å². The molecule has 0 radical (unpaired) electrons. The van der Waals surface area contributed by atoms with Gasteiger partial charge in [-0.05, 0) is 49.2 Å². The molecule has 0 atom stereocenters. The summed E-state index contributed by atoms with van der Waals surface area (Å²) in [6, 6.07) is 20.5. The van der Waals surface area contributed by atoms with Crippen LogP contribution in [0.5, 0.6) is 0 Å². The highest BCUT2D eigenvalue weighted by molar-refractivity contribution is 7.92. The third kappa shape index (κ3) is 4.60. The molecule has 36 heavy (non-hydrogen) atoms. The summed E-state index contributed by atoms with van der Waals surface area (Å²) in [6.07, 6.45) is 3.35. The maximum atomic E-state index is 12.8. The third-order valence-corrected chi connectivity index (χ3v) is 8.03. The molecule has 2 N–H and O–H groups in total. The number of aromatic nitrogens is 5. The Labute approximate surface area is 213 Å². The highest BCUT2D eigenvalue weighted by atomic mass is 35.5. The molecule has 0 saturated carbocycles. The second-order valence-corrected chi connectivity index (χ2v) is 11.1. The summed E-state index contributed by atoms with van der Waals surface area (Å²) in [5, 5.41) is 14.2. The molecule has 0 bridgehead atoms. The van der Waals surface area contributed by atoms with Gasteiger partial charge >= 0.3 is 0 Å². The van der Waals surface area contributed by atoms with E-state index in [9.17, 15) is 8.42 Å². The molecule has 0 aliphatic carbocycles. The van der Waals surface area contributed by atoms with E-state index in [0.29, 0.717) is 17.3 Å². The van der Waals surface area contributed by atoms with Crippen molar-refractivity contribution >= 4 is 50.5 Å². The first kappa shape index (κ1) is 23.7. The van der Waals surface area contributed by atoms with E-state index >= 15 is 0 Å². The summed E-state index contributed by atoms with van der Waals surface area (Å²) in [4.78, 5) is 8.87. The van der Waals surface area contributed by atoms with E-state index in [1.807, 2.05) is 48.7 Å². The average Bonchev–Trinajstić information content (AvgIpc) is 3.28. The first-order valence-corrected chi connectivity index (χ1v) is 13.0. The summed E-state index contributed by atoms with van der Waals surface area (Å²) in [6.45, 7) is 3.27. The van der Waals surface area contributed by atoms with Crippen molar-refractivity contribution in [3.63, 3.8) is 0 Å². The predicted octanol–water partition coefficient (Wildman–Crippen LogP) is 5.51. The van der Waals surface area contributed by atoms with Gasteiger partial charge in [0.1, 0.15) is 5.02 Å². The summed E-state index contributed by atoms with van der Waals surface area (Å²) >= 11 is 6.34. The van der Waals surface area contributed by atoms with Gasteiger partial charge in [0.15, 0.2) is 21.3 Å². The van der Waals surface area contributed by atoms with E-state index in [0.717, 1.165) is 11.1 Å². The zero-order valence-electron chi connectivity index (χ0n) is 19.4. The van der Waals surface area contributed by atoms with Crippen molar-refractivity contribution in [2.45, 2.75) is 24.0 Å². The Hall–Kier alpha value is -4.02. The third-order valence-electron chi connectivity index (χ3n) is 5.54. The molecule has 0 aliphatic rings. The van der Waals surface area contributed by atoms with Gasteiger partial charge in [-0.1, -0.05) is 54.1 Å². The number of sulfone groups is 1. The molecule has 9 nitrogen and oxygen atoms in total. The Morgan fingerprint density at radius 1 is 0.889 bits per heavy atom. The Kier molecular flexibility index (Phi) is 6.29. The monoisotopic (exact) mass is 519 g/mol. The summed E-state index contributed by atoms with van der Waals surface area (Å²) in [5.41, 5.74) is 3.08. The summed E-state index contributed by atoms with van der Waals surface area (Å²) in [7, 11) is -3.53. The predicted molar refractivity (Wildman–Crippen MR) is 141 cm³/mol. The number of hydrogen-bond acceptors (Lipinski definition) is 8. The molecule has 182 valence electrons. The fourth-order valence-corrected chi connectivity index (χ4v) is 4.93. The van der Waals surface area contributed by atoms with Gasteiger partial charge in [0.25, 0.3) is 0 Å². The maximum absolute atomic E-state index is 12.8. The summed E-state index contributed by atoms with van der Waals surface area (Å²) < 4.78 is 27.5. The van der Waals surface area contributed by atoms with Crippen LogP contribution in [0.2, 0.25) is 5.02 Å². The minimum Gasteiger partial charge on any atom is -0.338 e. The number of para-hydroxylation sites is 1. The fraction of sp³-hybridized carbons (Fsp3) is 0.120. The highest BCUT2D eigenvalue weighted by Gasteiger charge is 2.23. The molecule has 3 heterocycles. The number of fused-ring (bicyclic) bond motifs is 1. The number of rotatable bonds is 7. The number of nitrogens with one attached hydrogen (secondary N) is 2. The lowest BCUT2D eigenvalue weighted by molar-refractivity contribution is 0.588. The van der Waals surface area contributed by atoms with E-state index in [4.69, 9.17) is 11.6 Å². The van der Waals surface area contributed by atoms with Crippen molar-refractivity contribution in [1.82, 2.24) is 24.6 Å². The van der Waals surface area contributed by atoms with Crippen molar-refractivity contribution in [1.29, 1.82) is 0 Å². The van der Waals surface area contributed by atoms with Gasteiger partial charge in [-0.15, -0.1) is 10.2 Å². The fourth-order valence-electron chi connectivity index (χ4n) is 3.59. The molecule has 0 aliphatic heterocycles. The van der Waals surface area contributed by atoms with E-state index in [1.54, 1.807) is 42.5 Å². The first-order valence-electron chi connectivity index (χ1n) is 11.1. The first-order chi connectivity index (χ1) is 17.3. The molecule has 0 amide bonds. The largest absolute Gasteiger partial charge is 0.338 e. The lowest BCUT2D eigenvalue weighted by Gasteiger charge is -2.15. The van der Waals surface area contributed by atoms with Gasteiger partial charge in [0.2, 0.25) is 11.9 Å². The topological polar surface area (TPSA) is 114 Å². The number of benzene rings is 2. The average molecular weight is 520 g/mol. The second kappa shape index (κ2) is 9.56. The van der Waals surface area contributed by atoms with Crippen molar-refractivity contribution in [2.24, 2.45) is 0 Å². The molecule has 5 aromatic rings. The van der Waals surface area contributed by atoms with Crippen LogP contribution in [0.15, 0.2) is 84.0 Å². The van der Waals surface area contributed by atoms with Crippen molar-refractivity contribution < 1.29 is 8.42 Å². The van der Waals surface area contributed by atoms with Crippen LogP contribution < -0.4 is 10.6 Å². The van der Waals surface area contributed by atoms with E-state index < -0.39 is 15.1 Å². The Bertz CT molecular complexity index is 1650. The van der Waals surface area contributed by atoms with Gasteiger partial charge < -0.3 is 5.32 Å². The number of hydrogen-bond donors (Lipinski definition) is 2. The lowest BCUT2D eigenvalue weighted by atomic mass is 10.1. The van der Waals surface area contributed by atoms with E-state index in [-0.39, 0.29) is 21.7 Å². The van der Waals surface area contributed by atoms with Crippen LogP contribution in [0.4, 0.5) is 23.4 Å². The van der Waals surface area contributed by atoms with Crippen LogP contribution in [-0.4, -0.2) is 38.2 Å². The number of nitrogens with zero attached hydrogens (tertiary/aromatic N) is 5. The minimum absolute atomic E-state index is 0.168. The van der Waals surface area contributed by atoms with Gasteiger partial charge in [0, 0.05) is 6.20 Å². The minimum atomic E-state index is -3.53. The maximum Gasteiger partial charge on any atom is 0.235 e. The second-order valence-electron chi connectivity index (χ2n) is 8.27. The van der Waals surface area contributed by atoms with Crippen LogP contribution in [0.25, 0.3) is 16.8 Å². The van der Waals surface area contributed by atoms with Crippen LogP contribution in [0.1, 0.15) is 13.8 Å². The quantitative estimate of drug-likeness (QED) is 0.289. The Morgan fingerprint density at radius 3 is 2.42 bits per heavy atom. The molecule has 2 aromatic carbocycles. The van der Waals surface area contributed by atoms with E-state index in [1.165, 1.54) is 6.20 Å². The van der Waals surface area contributed by atoms with Gasteiger partial charge in [-0.3, -0.25) is 9.72 Å². The number of halogens is 1. The van der Waals surface area contributed by atoms with Crippen LogP contribution >= 0.6 is 11.6 Å². The molecule has 11 heteroatoms. The molecule has 3 aromatic heterocycles. The number of anilines is 4. The number of pyridine rings is 1. The van der Waals surface area contributed by atoms with E-state index in [2.05, 4.69) is 30.8 Å². The molecular weight excluding hydrogens is 498 g/mol. The standard InChI is InChI=1S/C25H22ClN7O2S/c1-16(2)36(34,35)21-11-7-6-10-20(21)28-23-19(26)14-27-24(29-23)30-25-32-31-22-13-12-18(15-33(22)25)17-8-4-3-5-9-17/h3-16H,1-2H3,(H2,27,28,29,30,32). The molecule has 5 rings (SSSR count). The highest BCUT2D eigenvalue weighted by Crippen LogP contribution is 2.30. The smallest absolute Gasteiger partial charge is 0.235 e. The Balaban J connectivity index is 1.47. The van der Waals surface area contributed by atoms with Crippen LogP contribution in [0.3, 0.4) is 0 Å². The van der Waals surface area contributed by atoms with Gasteiger partial charge in [-0.2, -0.15) is 4.98 Å². The van der Waals surface area contributed by atoms with Crippen molar-refractivity contribution in [2.75, 3.05) is 10.6 Å². The van der Waals surface area contributed by atoms with Gasteiger partial charge in [0.05, 0.1) is 22.0 Å². The Morgan fingerprint density at radius 2 is 1.64 bits per heavy atom. The summed E-state index contributed by atoms with van der Waals surface area (Å²) in [5.74, 6) is 0.878. The molecule has 0 spiro atoms. The zero-order valence-corrected chi connectivity index (χ0v) is 21.0. The van der Waals surface area contributed by atoms with Crippen LogP contribution in [-0.2, 0) is 9.84 Å². The molecule has 0 saturated heterocycles. The van der Waals surface area contributed by atoms with Crippen LogP contribution in [0, 0.1) is 0 Å². The normalized spacial score (nSPS) is 11.7. The molecular formula is C25H22ClN7O2S. The molecule has 0 fully saturated rings. The zero-order chi connectivity index (χ0) is 25.3. The molecule has 0 unspecified atom stereocenters. The SMILES string of the molecule is CC(C)S(=O)(=O)c1ccccc1Nc1nc(Nc2nnc3ccc(-c4ccccc4)cn23)ncc1Cl. The van der Waals surface area contributed by atoms with Gasteiger partial charge in [-0.25, -0.2) is 13.4 Å². The van der Waals surface area contributed by atoms with Crippen molar-refractivity contribution in [3.8, 4) is 11.1 Å².